The van der Waals surface area contributed by atoms with Crippen molar-refractivity contribution < 1.29 is 18.7 Å². The second kappa shape index (κ2) is 7.39. The number of aliphatic hydroxyl groups excluding tert-OH is 1. The van der Waals surface area contributed by atoms with Crippen molar-refractivity contribution >= 4 is 11.7 Å². The van der Waals surface area contributed by atoms with Crippen molar-refractivity contribution in [3.8, 4) is 11.4 Å². The Balaban J connectivity index is 2.07. The largest absolute Gasteiger partial charge is 0.394 e. The van der Waals surface area contributed by atoms with Crippen LogP contribution in [0.3, 0.4) is 0 Å². The van der Waals surface area contributed by atoms with E-state index in [0.29, 0.717) is 17.7 Å². The van der Waals surface area contributed by atoms with Crippen LogP contribution in [0.5, 0.6) is 0 Å². The molecule has 0 saturated carbocycles. The number of rotatable bonds is 6. The molecule has 0 saturated heterocycles. The van der Waals surface area contributed by atoms with E-state index in [4.69, 9.17) is 0 Å². The number of urea groups is 1. The van der Waals surface area contributed by atoms with Crippen LogP contribution in [0.15, 0.2) is 36.7 Å². The molecule has 1 atom stereocenters. The first kappa shape index (κ1) is 17.9. The standard InChI is InChI=1S/C16H20F2N4O2/c1-3-16(2,10-23)21-15(24)20-12-6-4-11(5-7-12)13-19-8-9-22(13)14(17)18/h4-9,14,23H,3,10H2,1-2H3,(H2,20,21,24). The third-order valence-electron chi connectivity index (χ3n) is 3.82. The van der Waals surface area contributed by atoms with Gasteiger partial charge in [0, 0.05) is 23.6 Å². The maximum atomic E-state index is 12.9. The number of halogens is 2. The molecule has 0 aliphatic rings. The lowest BCUT2D eigenvalue weighted by Gasteiger charge is -2.27. The lowest BCUT2D eigenvalue weighted by molar-refractivity contribution is 0.0720. The molecule has 1 aromatic heterocycles. The molecule has 0 aliphatic heterocycles. The fourth-order valence-corrected chi connectivity index (χ4v) is 2.07. The molecule has 2 rings (SSSR count). The van der Waals surface area contributed by atoms with E-state index in [-0.39, 0.29) is 12.4 Å². The van der Waals surface area contributed by atoms with Crippen LogP contribution in [0.2, 0.25) is 0 Å². The van der Waals surface area contributed by atoms with E-state index in [1.165, 1.54) is 12.4 Å². The summed E-state index contributed by atoms with van der Waals surface area (Å²) in [5, 5.41) is 14.6. The molecule has 1 aromatic carbocycles. The number of aromatic nitrogens is 2. The summed E-state index contributed by atoms with van der Waals surface area (Å²) in [6.45, 7) is 0.749. The fraction of sp³-hybridized carbons (Fsp3) is 0.375. The zero-order valence-electron chi connectivity index (χ0n) is 13.5. The third kappa shape index (κ3) is 4.08. The van der Waals surface area contributed by atoms with Crippen LogP contribution in [-0.2, 0) is 0 Å². The molecule has 24 heavy (non-hydrogen) atoms. The van der Waals surface area contributed by atoms with E-state index in [0.717, 1.165) is 4.57 Å². The third-order valence-corrected chi connectivity index (χ3v) is 3.82. The molecule has 3 N–H and O–H groups in total. The normalized spacial score (nSPS) is 13.6. The molecule has 0 aliphatic carbocycles. The number of hydrogen-bond acceptors (Lipinski definition) is 3. The fourth-order valence-electron chi connectivity index (χ4n) is 2.07. The predicted molar refractivity (Wildman–Crippen MR) is 86.9 cm³/mol. The molecular formula is C16H20F2N4O2. The summed E-state index contributed by atoms with van der Waals surface area (Å²) in [7, 11) is 0. The average molecular weight is 338 g/mol. The average Bonchev–Trinajstić information content (AvgIpc) is 3.05. The molecule has 0 radical (unpaired) electrons. The summed E-state index contributed by atoms with van der Waals surface area (Å²) in [4.78, 5) is 15.9. The Morgan fingerprint density at radius 2 is 2.04 bits per heavy atom. The van der Waals surface area contributed by atoms with Gasteiger partial charge in [0.1, 0.15) is 5.82 Å². The number of imidazole rings is 1. The van der Waals surface area contributed by atoms with Crippen LogP contribution in [0.4, 0.5) is 19.3 Å². The predicted octanol–water partition coefficient (Wildman–Crippen LogP) is 3.23. The highest BCUT2D eigenvalue weighted by Gasteiger charge is 2.23. The maximum absolute atomic E-state index is 12.9. The summed E-state index contributed by atoms with van der Waals surface area (Å²) in [5.41, 5.74) is 0.314. The van der Waals surface area contributed by atoms with Crippen LogP contribution in [0, 0.1) is 0 Å². The van der Waals surface area contributed by atoms with Crippen LogP contribution in [0.25, 0.3) is 11.4 Å². The van der Waals surface area contributed by atoms with Gasteiger partial charge in [-0.1, -0.05) is 6.92 Å². The number of nitrogens with one attached hydrogen (secondary N) is 2. The first-order valence-corrected chi connectivity index (χ1v) is 7.50. The number of aliphatic hydroxyl groups is 1. The van der Waals surface area contributed by atoms with Gasteiger partial charge < -0.3 is 15.7 Å². The van der Waals surface area contributed by atoms with E-state index in [2.05, 4.69) is 15.6 Å². The number of benzene rings is 1. The molecular weight excluding hydrogens is 318 g/mol. The van der Waals surface area contributed by atoms with Gasteiger partial charge in [-0.2, -0.15) is 8.78 Å². The van der Waals surface area contributed by atoms with E-state index < -0.39 is 18.1 Å². The summed E-state index contributed by atoms with van der Waals surface area (Å²) >= 11 is 0. The Hall–Kier alpha value is -2.48. The molecule has 2 amide bonds. The SMILES string of the molecule is CCC(C)(CO)NC(=O)Nc1ccc(-c2nccn2C(F)F)cc1. The molecule has 0 spiro atoms. The minimum absolute atomic E-state index is 0.153. The lowest BCUT2D eigenvalue weighted by Crippen LogP contribution is -2.50. The van der Waals surface area contributed by atoms with Crippen LogP contribution < -0.4 is 10.6 Å². The minimum atomic E-state index is -2.67. The summed E-state index contributed by atoms with van der Waals surface area (Å²) < 4.78 is 26.5. The van der Waals surface area contributed by atoms with Crippen molar-refractivity contribution in [2.45, 2.75) is 32.4 Å². The molecule has 6 nitrogen and oxygen atoms in total. The quantitative estimate of drug-likeness (QED) is 0.756. The highest BCUT2D eigenvalue weighted by Crippen LogP contribution is 2.24. The monoisotopic (exact) mass is 338 g/mol. The zero-order chi connectivity index (χ0) is 17.7. The summed E-state index contributed by atoms with van der Waals surface area (Å²) in [6, 6.07) is 5.95. The van der Waals surface area contributed by atoms with Gasteiger partial charge in [-0.25, -0.2) is 9.78 Å². The van der Waals surface area contributed by atoms with Crippen molar-refractivity contribution in [2.75, 3.05) is 11.9 Å². The lowest BCUT2D eigenvalue weighted by atomic mass is 10.0. The van der Waals surface area contributed by atoms with Gasteiger partial charge in [0.2, 0.25) is 0 Å². The number of alkyl halides is 2. The van der Waals surface area contributed by atoms with E-state index >= 15 is 0 Å². The van der Waals surface area contributed by atoms with Crippen molar-refractivity contribution in [1.82, 2.24) is 14.9 Å². The van der Waals surface area contributed by atoms with Crippen molar-refractivity contribution in [3.05, 3.63) is 36.7 Å². The van der Waals surface area contributed by atoms with Gasteiger partial charge in [0.25, 0.3) is 0 Å². The highest BCUT2D eigenvalue weighted by atomic mass is 19.3. The van der Waals surface area contributed by atoms with E-state index in [1.807, 2.05) is 6.92 Å². The Bertz CT molecular complexity index is 682. The van der Waals surface area contributed by atoms with Gasteiger partial charge in [0.15, 0.2) is 0 Å². The number of carbonyl (C=O) groups excluding carboxylic acids is 1. The Labute approximate surface area is 138 Å². The number of hydrogen-bond donors (Lipinski definition) is 3. The van der Waals surface area contributed by atoms with Crippen molar-refractivity contribution in [1.29, 1.82) is 0 Å². The topological polar surface area (TPSA) is 79.2 Å². The molecule has 0 fully saturated rings. The minimum Gasteiger partial charge on any atom is -0.394 e. The number of amides is 2. The van der Waals surface area contributed by atoms with Gasteiger partial charge in [-0.3, -0.25) is 4.57 Å². The molecule has 1 heterocycles. The molecule has 2 aromatic rings. The Kier molecular flexibility index (Phi) is 5.50. The number of carbonyl (C=O) groups is 1. The molecule has 8 heteroatoms. The van der Waals surface area contributed by atoms with E-state index in [1.54, 1.807) is 31.2 Å². The summed E-state index contributed by atoms with van der Waals surface area (Å²) in [5.74, 6) is 0.153. The first-order valence-electron chi connectivity index (χ1n) is 7.50. The smallest absolute Gasteiger partial charge is 0.320 e. The Morgan fingerprint density at radius 1 is 1.38 bits per heavy atom. The van der Waals surface area contributed by atoms with Gasteiger partial charge >= 0.3 is 12.6 Å². The summed E-state index contributed by atoms with van der Waals surface area (Å²) in [6.07, 6.45) is 3.09. The van der Waals surface area contributed by atoms with Gasteiger partial charge in [-0.15, -0.1) is 0 Å². The van der Waals surface area contributed by atoms with Gasteiger partial charge in [-0.05, 0) is 37.6 Å². The number of anilines is 1. The second-order valence-electron chi connectivity index (χ2n) is 5.66. The van der Waals surface area contributed by atoms with Crippen molar-refractivity contribution in [3.63, 3.8) is 0 Å². The van der Waals surface area contributed by atoms with Crippen LogP contribution in [0.1, 0.15) is 26.8 Å². The van der Waals surface area contributed by atoms with Gasteiger partial charge in [0.05, 0.1) is 12.1 Å². The zero-order valence-corrected chi connectivity index (χ0v) is 13.5. The second-order valence-corrected chi connectivity index (χ2v) is 5.66. The number of nitrogens with zero attached hydrogens (tertiary/aromatic N) is 2. The molecule has 130 valence electrons. The first-order chi connectivity index (χ1) is 11.4. The van der Waals surface area contributed by atoms with Crippen LogP contribution >= 0.6 is 0 Å². The van der Waals surface area contributed by atoms with E-state index in [9.17, 15) is 18.7 Å². The van der Waals surface area contributed by atoms with Crippen molar-refractivity contribution in [2.24, 2.45) is 0 Å². The highest BCUT2D eigenvalue weighted by molar-refractivity contribution is 5.90. The Morgan fingerprint density at radius 3 is 2.58 bits per heavy atom. The van der Waals surface area contributed by atoms with Crippen LogP contribution in [-0.4, -0.2) is 32.8 Å². The molecule has 1 unspecified atom stereocenters. The maximum Gasteiger partial charge on any atom is 0.320 e. The molecule has 0 bridgehead atoms.